The second-order valence-corrected chi connectivity index (χ2v) is 3.80. The van der Waals surface area contributed by atoms with Crippen LogP contribution in [-0.4, -0.2) is 11.9 Å². The van der Waals surface area contributed by atoms with Gasteiger partial charge < -0.3 is 5.32 Å². The lowest BCUT2D eigenvalue weighted by Crippen LogP contribution is -2.37. The van der Waals surface area contributed by atoms with E-state index in [1.165, 1.54) is 18.2 Å². The highest BCUT2D eigenvalue weighted by atomic mass is 19.1. The van der Waals surface area contributed by atoms with Crippen molar-refractivity contribution in [2.45, 2.75) is 19.9 Å². The molecule has 0 aliphatic heterocycles. The van der Waals surface area contributed by atoms with Crippen LogP contribution in [0.1, 0.15) is 24.2 Å². The first-order chi connectivity index (χ1) is 7.56. The maximum Gasteiger partial charge on any atom is 0.255 e. The van der Waals surface area contributed by atoms with Crippen LogP contribution in [0, 0.1) is 23.1 Å². The van der Waals surface area contributed by atoms with Crippen molar-refractivity contribution in [2.75, 3.05) is 0 Å². The summed E-state index contributed by atoms with van der Waals surface area (Å²) < 4.78 is 13.3. The number of carbonyl (C=O) groups is 1. The van der Waals surface area contributed by atoms with E-state index in [0.29, 0.717) is 0 Å². The lowest BCUT2D eigenvalue weighted by Gasteiger charge is -2.14. The van der Waals surface area contributed by atoms with E-state index in [1.807, 2.05) is 19.9 Å². The molecule has 1 aromatic rings. The third-order valence-electron chi connectivity index (χ3n) is 2.21. The molecule has 84 valence electrons. The Kier molecular flexibility index (Phi) is 4.01. The number of nitrogens with zero attached hydrogens (tertiary/aromatic N) is 1. The van der Waals surface area contributed by atoms with E-state index >= 15 is 0 Å². The molecule has 1 unspecified atom stereocenters. The molecule has 0 aliphatic carbocycles. The Hall–Kier alpha value is -1.89. The zero-order chi connectivity index (χ0) is 12.1. The van der Waals surface area contributed by atoms with Crippen molar-refractivity contribution in [3.8, 4) is 6.07 Å². The van der Waals surface area contributed by atoms with Gasteiger partial charge in [0.15, 0.2) is 0 Å². The summed E-state index contributed by atoms with van der Waals surface area (Å²) in [7, 11) is 0. The molecule has 1 amide bonds. The molecule has 16 heavy (non-hydrogen) atoms. The average molecular weight is 220 g/mol. The van der Waals surface area contributed by atoms with Gasteiger partial charge in [-0.05, 0) is 18.1 Å². The molecule has 0 fully saturated rings. The molecule has 0 radical (unpaired) electrons. The van der Waals surface area contributed by atoms with E-state index in [1.54, 1.807) is 6.07 Å². The summed E-state index contributed by atoms with van der Waals surface area (Å²) in [5, 5.41) is 11.3. The predicted octanol–water partition coefficient (Wildman–Crippen LogP) is 2.10. The van der Waals surface area contributed by atoms with Crippen LogP contribution in [0.3, 0.4) is 0 Å². The molecule has 0 saturated heterocycles. The first-order valence-electron chi connectivity index (χ1n) is 5.01. The maximum absolute atomic E-state index is 13.3. The van der Waals surface area contributed by atoms with Crippen LogP contribution < -0.4 is 5.32 Å². The minimum Gasteiger partial charge on any atom is -0.336 e. The molecule has 0 bridgehead atoms. The van der Waals surface area contributed by atoms with Crippen LogP contribution >= 0.6 is 0 Å². The Morgan fingerprint density at radius 3 is 2.56 bits per heavy atom. The van der Waals surface area contributed by atoms with Gasteiger partial charge in [0.25, 0.3) is 5.91 Å². The van der Waals surface area contributed by atoms with Crippen molar-refractivity contribution in [1.82, 2.24) is 5.32 Å². The summed E-state index contributed by atoms with van der Waals surface area (Å²) in [4.78, 5) is 11.6. The van der Waals surface area contributed by atoms with Crippen LogP contribution in [0.2, 0.25) is 0 Å². The maximum atomic E-state index is 13.3. The fraction of sp³-hybridized carbons (Fsp3) is 0.333. The predicted molar refractivity (Wildman–Crippen MR) is 58.1 cm³/mol. The first-order valence-corrected chi connectivity index (χ1v) is 5.01. The minimum atomic E-state index is -0.605. The number of benzene rings is 1. The third kappa shape index (κ3) is 2.80. The Balaban J connectivity index is 2.81. The monoisotopic (exact) mass is 220 g/mol. The standard InChI is InChI=1S/C12H13FN2O/c1-8(2)11(7-14)15-12(16)9-5-3-4-6-10(9)13/h3-6,8,11H,1-2H3,(H,15,16). The Labute approximate surface area is 93.9 Å². The smallest absolute Gasteiger partial charge is 0.255 e. The summed E-state index contributed by atoms with van der Waals surface area (Å²) in [6.07, 6.45) is 0. The lowest BCUT2D eigenvalue weighted by atomic mass is 10.1. The minimum absolute atomic E-state index is 0.0132. The van der Waals surface area contributed by atoms with E-state index in [0.717, 1.165) is 0 Å². The molecule has 0 heterocycles. The van der Waals surface area contributed by atoms with E-state index in [-0.39, 0.29) is 11.5 Å². The van der Waals surface area contributed by atoms with Gasteiger partial charge in [-0.15, -0.1) is 0 Å². The van der Waals surface area contributed by atoms with Crippen LogP contribution in [-0.2, 0) is 0 Å². The summed E-state index contributed by atoms with van der Waals surface area (Å²) in [6, 6.07) is 7.05. The molecule has 0 saturated carbocycles. The molecule has 1 N–H and O–H groups in total. The zero-order valence-corrected chi connectivity index (χ0v) is 9.20. The molecule has 0 aromatic heterocycles. The number of amides is 1. The molecule has 1 atom stereocenters. The molecular formula is C12H13FN2O. The van der Waals surface area contributed by atoms with Gasteiger partial charge in [-0.1, -0.05) is 26.0 Å². The number of nitriles is 1. The van der Waals surface area contributed by atoms with Gasteiger partial charge in [0, 0.05) is 0 Å². The number of hydrogen-bond donors (Lipinski definition) is 1. The number of carbonyl (C=O) groups excluding carboxylic acids is 1. The first kappa shape index (κ1) is 12.2. The normalized spacial score (nSPS) is 11.9. The van der Waals surface area contributed by atoms with Gasteiger partial charge in [-0.3, -0.25) is 4.79 Å². The topological polar surface area (TPSA) is 52.9 Å². The highest BCUT2D eigenvalue weighted by Crippen LogP contribution is 2.08. The zero-order valence-electron chi connectivity index (χ0n) is 9.20. The van der Waals surface area contributed by atoms with Gasteiger partial charge in [0.2, 0.25) is 0 Å². The molecule has 4 heteroatoms. The van der Waals surface area contributed by atoms with Crippen LogP contribution in [0.25, 0.3) is 0 Å². The van der Waals surface area contributed by atoms with Gasteiger partial charge in [0.05, 0.1) is 11.6 Å². The highest BCUT2D eigenvalue weighted by molar-refractivity contribution is 5.94. The quantitative estimate of drug-likeness (QED) is 0.848. The SMILES string of the molecule is CC(C)C(C#N)NC(=O)c1ccccc1F. The fourth-order valence-electron chi connectivity index (χ4n) is 1.21. The Bertz CT molecular complexity index is 423. The van der Waals surface area contributed by atoms with Gasteiger partial charge in [-0.25, -0.2) is 4.39 Å². The van der Waals surface area contributed by atoms with E-state index < -0.39 is 17.8 Å². The molecule has 1 aromatic carbocycles. The van der Waals surface area contributed by atoms with Crippen molar-refractivity contribution in [3.05, 3.63) is 35.6 Å². The molecule has 3 nitrogen and oxygen atoms in total. The van der Waals surface area contributed by atoms with Gasteiger partial charge in [0.1, 0.15) is 11.9 Å². The Morgan fingerprint density at radius 2 is 2.06 bits per heavy atom. The lowest BCUT2D eigenvalue weighted by molar-refractivity contribution is 0.0933. The number of rotatable bonds is 3. The van der Waals surface area contributed by atoms with Crippen LogP contribution in [0.4, 0.5) is 4.39 Å². The van der Waals surface area contributed by atoms with Crippen molar-refractivity contribution in [2.24, 2.45) is 5.92 Å². The Morgan fingerprint density at radius 1 is 1.44 bits per heavy atom. The van der Waals surface area contributed by atoms with E-state index in [9.17, 15) is 9.18 Å². The molecule has 1 rings (SSSR count). The summed E-state index contributed by atoms with van der Waals surface area (Å²) >= 11 is 0. The van der Waals surface area contributed by atoms with Crippen molar-refractivity contribution < 1.29 is 9.18 Å². The molecule has 0 aliphatic rings. The molecule has 0 spiro atoms. The van der Waals surface area contributed by atoms with E-state index in [4.69, 9.17) is 5.26 Å². The summed E-state index contributed by atoms with van der Waals surface area (Å²) in [5.74, 6) is -1.15. The van der Waals surface area contributed by atoms with E-state index in [2.05, 4.69) is 5.32 Å². The third-order valence-corrected chi connectivity index (χ3v) is 2.21. The van der Waals surface area contributed by atoms with Gasteiger partial charge >= 0.3 is 0 Å². The van der Waals surface area contributed by atoms with Crippen molar-refractivity contribution in [1.29, 1.82) is 5.26 Å². The average Bonchev–Trinajstić information content (AvgIpc) is 2.25. The summed E-state index contributed by atoms with van der Waals surface area (Å²) in [6.45, 7) is 3.63. The van der Waals surface area contributed by atoms with Crippen LogP contribution in [0.15, 0.2) is 24.3 Å². The van der Waals surface area contributed by atoms with Gasteiger partial charge in [-0.2, -0.15) is 5.26 Å². The second kappa shape index (κ2) is 5.26. The fourth-order valence-corrected chi connectivity index (χ4v) is 1.21. The van der Waals surface area contributed by atoms with Crippen LogP contribution in [0.5, 0.6) is 0 Å². The summed E-state index contributed by atoms with van der Waals surface area (Å²) in [5.41, 5.74) is -0.0385. The molecular weight excluding hydrogens is 207 g/mol. The number of nitrogens with one attached hydrogen (secondary N) is 1. The second-order valence-electron chi connectivity index (χ2n) is 3.80. The number of halogens is 1. The van der Waals surface area contributed by atoms with Crippen molar-refractivity contribution in [3.63, 3.8) is 0 Å². The van der Waals surface area contributed by atoms with Crippen molar-refractivity contribution >= 4 is 5.91 Å². The number of hydrogen-bond acceptors (Lipinski definition) is 2. The largest absolute Gasteiger partial charge is 0.336 e. The highest BCUT2D eigenvalue weighted by Gasteiger charge is 2.18.